The van der Waals surface area contributed by atoms with Crippen molar-refractivity contribution in [2.24, 2.45) is 5.92 Å². The summed E-state index contributed by atoms with van der Waals surface area (Å²) in [4.78, 5) is 27.1. The second-order valence-corrected chi connectivity index (χ2v) is 8.38. The molecule has 0 radical (unpaired) electrons. The summed E-state index contributed by atoms with van der Waals surface area (Å²) >= 11 is 0. The summed E-state index contributed by atoms with van der Waals surface area (Å²) in [5.74, 6) is 1.47. The summed E-state index contributed by atoms with van der Waals surface area (Å²) in [6.07, 6.45) is 9.46. The van der Waals surface area contributed by atoms with Crippen molar-refractivity contribution in [1.29, 1.82) is 0 Å². The largest absolute Gasteiger partial charge is 0.454 e. The maximum Gasteiger partial charge on any atom is 0.287 e. The quantitative estimate of drug-likeness (QED) is 0.697. The minimum atomic E-state index is -0.136. The fourth-order valence-electron chi connectivity index (χ4n) is 4.15. The maximum absolute atomic E-state index is 13.0. The van der Waals surface area contributed by atoms with Gasteiger partial charge in [0.15, 0.2) is 5.76 Å². The van der Waals surface area contributed by atoms with E-state index < -0.39 is 0 Å². The van der Waals surface area contributed by atoms with E-state index in [0.717, 1.165) is 50.1 Å². The molecule has 2 amide bonds. The number of amides is 2. The molecule has 6 heteroatoms. The molecular weight excluding hydrogens is 366 g/mol. The lowest BCUT2D eigenvalue weighted by atomic mass is 10.1. The number of nitrogens with one attached hydrogen (secondary N) is 1. The molecule has 2 aromatic heterocycles. The Kier molecular flexibility index (Phi) is 6.07. The average Bonchev–Trinajstić information content (AvgIpc) is 3.13. The molecule has 0 unspecified atom stereocenters. The number of furan rings is 1. The van der Waals surface area contributed by atoms with Crippen molar-refractivity contribution in [3.63, 3.8) is 0 Å². The van der Waals surface area contributed by atoms with Crippen LogP contribution in [0.4, 0.5) is 0 Å². The van der Waals surface area contributed by atoms with E-state index in [1.807, 2.05) is 23.2 Å². The van der Waals surface area contributed by atoms with Crippen molar-refractivity contribution >= 4 is 11.8 Å². The minimum Gasteiger partial charge on any atom is -0.454 e. The summed E-state index contributed by atoms with van der Waals surface area (Å²) in [5, 5.41) is 2.95. The average molecular weight is 398 g/mol. The molecular formula is C23H31N3O3. The number of hydrogen-bond donors (Lipinski definition) is 1. The lowest BCUT2D eigenvalue weighted by molar-refractivity contribution is -0.136. The molecule has 0 aliphatic heterocycles. The molecule has 2 aromatic rings. The first-order valence-corrected chi connectivity index (χ1v) is 11.0. The Morgan fingerprint density at radius 3 is 2.69 bits per heavy atom. The molecule has 1 N–H and O–H groups in total. The Labute approximate surface area is 172 Å². The van der Waals surface area contributed by atoms with Crippen molar-refractivity contribution in [1.82, 2.24) is 14.8 Å². The molecule has 2 aliphatic carbocycles. The minimum absolute atomic E-state index is 0.136. The lowest BCUT2D eigenvalue weighted by Gasteiger charge is -2.26. The van der Waals surface area contributed by atoms with E-state index in [0.29, 0.717) is 30.8 Å². The zero-order chi connectivity index (χ0) is 20.2. The van der Waals surface area contributed by atoms with Crippen LogP contribution in [0.1, 0.15) is 73.9 Å². The molecule has 0 spiro atoms. The standard InChI is InChI=1S/C23H31N3O3/c1-2-13-26(23(28)17-6-3-4-7-17)15-19-8-5-14-25(19)16-20-11-12-21(29-20)22(27)24-18-9-10-18/h5,8,11-12,14,17-18H,2-4,6-7,9-10,13,15-16H2,1H3,(H,24,27). The van der Waals surface area contributed by atoms with Crippen molar-refractivity contribution in [2.45, 2.75) is 71.0 Å². The maximum atomic E-state index is 13.0. The molecule has 2 saturated carbocycles. The third-order valence-corrected chi connectivity index (χ3v) is 5.91. The van der Waals surface area contributed by atoms with E-state index in [1.165, 1.54) is 12.8 Å². The molecule has 0 aromatic carbocycles. The molecule has 2 aliphatic rings. The van der Waals surface area contributed by atoms with E-state index in [2.05, 4.69) is 22.9 Å². The van der Waals surface area contributed by atoms with Crippen LogP contribution in [0.25, 0.3) is 0 Å². The van der Waals surface area contributed by atoms with E-state index in [9.17, 15) is 9.59 Å². The van der Waals surface area contributed by atoms with E-state index in [4.69, 9.17) is 4.42 Å². The molecule has 4 rings (SSSR count). The number of carbonyl (C=O) groups is 2. The van der Waals surface area contributed by atoms with Gasteiger partial charge >= 0.3 is 0 Å². The van der Waals surface area contributed by atoms with Gasteiger partial charge in [-0.25, -0.2) is 0 Å². The van der Waals surface area contributed by atoms with Crippen LogP contribution in [0.3, 0.4) is 0 Å². The van der Waals surface area contributed by atoms with Crippen LogP contribution < -0.4 is 5.32 Å². The predicted octanol–water partition coefficient (Wildman–Crippen LogP) is 3.95. The summed E-state index contributed by atoms with van der Waals surface area (Å²) in [6.45, 7) is 4.07. The molecule has 0 bridgehead atoms. The van der Waals surface area contributed by atoms with Gasteiger partial charge in [-0.15, -0.1) is 0 Å². The fraction of sp³-hybridized carbons (Fsp3) is 0.565. The van der Waals surface area contributed by atoms with Gasteiger partial charge in [-0.2, -0.15) is 0 Å². The monoisotopic (exact) mass is 397 g/mol. The van der Waals surface area contributed by atoms with Crippen LogP contribution in [0.15, 0.2) is 34.9 Å². The van der Waals surface area contributed by atoms with Crippen LogP contribution in [-0.4, -0.2) is 33.9 Å². The third-order valence-electron chi connectivity index (χ3n) is 5.91. The van der Waals surface area contributed by atoms with Gasteiger partial charge in [0.1, 0.15) is 5.76 Å². The van der Waals surface area contributed by atoms with Crippen LogP contribution in [0.5, 0.6) is 0 Å². The molecule has 6 nitrogen and oxygen atoms in total. The number of aromatic nitrogens is 1. The Bertz CT molecular complexity index is 843. The first-order chi connectivity index (χ1) is 14.1. The fourth-order valence-corrected chi connectivity index (χ4v) is 4.15. The molecule has 156 valence electrons. The van der Waals surface area contributed by atoms with Crippen LogP contribution in [-0.2, 0) is 17.9 Å². The number of hydrogen-bond acceptors (Lipinski definition) is 3. The van der Waals surface area contributed by atoms with Crippen molar-refractivity contribution in [2.75, 3.05) is 6.54 Å². The molecule has 0 atom stereocenters. The lowest BCUT2D eigenvalue weighted by Crippen LogP contribution is -2.36. The predicted molar refractivity (Wildman–Crippen MR) is 110 cm³/mol. The van der Waals surface area contributed by atoms with Crippen molar-refractivity contribution in [3.8, 4) is 0 Å². The van der Waals surface area contributed by atoms with Gasteiger partial charge in [0.25, 0.3) is 5.91 Å². The van der Waals surface area contributed by atoms with Gasteiger partial charge in [-0.3, -0.25) is 9.59 Å². The van der Waals surface area contributed by atoms with Gasteiger partial charge in [-0.05, 0) is 56.4 Å². The van der Waals surface area contributed by atoms with Gasteiger partial charge in [-0.1, -0.05) is 19.8 Å². The molecule has 2 fully saturated rings. The zero-order valence-corrected chi connectivity index (χ0v) is 17.2. The highest BCUT2D eigenvalue weighted by Gasteiger charge is 2.28. The first-order valence-electron chi connectivity index (χ1n) is 11.0. The van der Waals surface area contributed by atoms with Crippen LogP contribution in [0.2, 0.25) is 0 Å². The Hall–Kier alpha value is -2.50. The highest BCUT2D eigenvalue weighted by Crippen LogP contribution is 2.27. The van der Waals surface area contributed by atoms with Gasteiger partial charge in [0.2, 0.25) is 5.91 Å². The van der Waals surface area contributed by atoms with Crippen molar-refractivity contribution in [3.05, 3.63) is 47.7 Å². The van der Waals surface area contributed by atoms with E-state index >= 15 is 0 Å². The zero-order valence-electron chi connectivity index (χ0n) is 17.2. The van der Waals surface area contributed by atoms with Gasteiger partial charge < -0.3 is 19.2 Å². The highest BCUT2D eigenvalue weighted by atomic mass is 16.4. The Balaban J connectivity index is 1.41. The smallest absolute Gasteiger partial charge is 0.287 e. The summed E-state index contributed by atoms with van der Waals surface area (Å²) in [7, 11) is 0. The molecule has 0 saturated heterocycles. The summed E-state index contributed by atoms with van der Waals surface area (Å²) in [5.41, 5.74) is 1.09. The van der Waals surface area contributed by atoms with Crippen LogP contribution in [0, 0.1) is 5.92 Å². The number of nitrogens with zero attached hydrogens (tertiary/aromatic N) is 2. The van der Waals surface area contributed by atoms with Crippen LogP contribution >= 0.6 is 0 Å². The Morgan fingerprint density at radius 2 is 1.97 bits per heavy atom. The normalized spacial score (nSPS) is 16.9. The van der Waals surface area contributed by atoms with Gasteiger partial charge in [0.05, 0.1) is 13.1 Å². The first kappa shape index (κ1) is 19.8. The molecule has 2 heterocycles. The second-order valence-electron chi connectivity index (χ2n) is 8.38. The number of carbonyl (C=O) groups excluding carboxylic acids is 2. The topological polar surface area (TPSA) is 67.5 Å². The Morgan fingerprint density at radius 1 is 1.17 bits per heavy atom. The van der Waals surface area contributed by atoms with Crippen molar-refractivity contribution < 1.29 is 14.0 Å². The molecule has 29 heavy (non-hydrogen) atoms. The summed E-state index contributed by atoms with van der Waals surface area (Å²) < 4.78 is 7.87. The van der Waals surface area contributed by atoms with E-state index in [-0.39, 0.29) is 11.8 Å². The summed E-state index contributed by atoms with van der Waals surface area (Å²) in [6, 6.07) is 7.98. The second kappa shape index (κ2) is 8.89. The number of rotatable bonds is 9. The third kappa shape index (κ3) is 4.92. The van der Waals surface area contributed by atoms with E-state index in [1.54, 1.807) is 6.07 Å². The van der Waals surface area contributed by atoms with Gasteiger partial charge in [0, 0.05) is 30.4 Å². The highest BCUT2D eigenvalue weighted by molar-refractivity contribution is 5.91. The SMILES string of the molecule is CCCN(Cc1cccn1Cc1ccc(C(=O)NC2CC2)o1)C(=O)C1CCCC1.